The van der Waals surface area contributed by atoms with Gasteiger partial charge in [0.05, 0.1) is 17.0 Å². The Kier molecular flexibility index (Phi) is 12.4. The van der Waals surface area contributed by atoms with Crippen LogP contribution in [-0.2, 0) is 29.8 Å². The minimum atomic E-state index is -4.14. The topological polar surface area (TPSA) is 125 Å². The van der Waals surface area contributed by atoms with Gasteiger partial charge in [0.1, 0.15) is 6.04 Å². The molecule has 0 fully saturated rings. The molecular weight excluding hydrogens is 600 g/mol. The van der Waals surface area contributed by atoms with Crippen LogP contribution < -0.4 is 15.4 Å². The number of hydrogen-bond donors (Lipinski definition) is 3. The van der Waals surface area contributed by atoms with Crippen molar-refractivity contribution in [3.8, 4) is 0 Å². The Morgan fingerprint density at radius 3 is 1.93 bits per heavy atom. The number of halogens is 1. The molecule has 44 heavy (non-hydrogen) atoms. The second-order valence-electron chi connectivity index (χ2n) is 13.0. The normalized spacial score (nSPS) is 14.9. The Balaban J connectivity index is 2.33. The number of rotatable bonds is 12. The van der Waals surface area contributed by atoms with E-state index in [9.17, 15) is 22.8 Å². The first kappa shape index (κ1) is 37.0. The minimum absolute atomic E-state index is 0.102. The summed E-state index contributed by atoms with van der Waals surface area (Å²) in [7, 11) is -0.800. The number of likely N-dealkylation sites (N-methyl/N-ethyl adjacent to an activating group) is 2. The van der Waals surface area contributed by atoms with Crippen molar-refractivity contribution in [2.24, 2.45) is 11.3 Å². The average Bonchev–Trinajstić information content (AvgIpc) is 2.93. The molecule has 0 radical (unpaired) electrons. The van der Waals surface area contributed by atoms with Crippen LogP contribution in [0, 0.1) is 11.3 Å². The number of sulfonamides is 1. The van der Waals surface area contributed by atoms with Crippen molar-refractivity contribution in [3.63, 3.8) is 0 Å². The molecule has 3 amide bonds. The predicted molar refractivity (Wildman–Crippen MR) is 176 cm³/mol. The highest BCUT2D eigenvalue weighted by atomic mass is 35.5. The molecule has 0 heterocycles. The number of benzene rings is 2. The zero-order valence-electron chi connectivity index (χ0n) is 27.4. The van der Waals surface area contributed by atoms with E-state index in [1.807, 2.05) is 78.8 Å². The maximum Gasteiger partial charge on any atom is 0.264 e. The van der Waals surface area contributed by atoms with Gasteiger partial charge in [-0.2, -0.15) is 0 Å². The summed E-state index contributed by atoms with van der Waals surface area (Å²) in [6.45, 7) is 14.9. The third-order valence-corrected chi connectivity index (χ3v) is 9.40. The standard InChI is InChI=1S/C33H47ClN4O5S/c1-21(2)26(20-22(3)29(39)37-44(42,43)25-18-16-24(34)17-19-25)38(10)31(41)28(32(4,5)6)36-30(40)27(35-9)33(7,8)23-14-12-11-13-15-23/h11-21,26-28,35H,1-10H3,(H,36,40)(H,37,39)/b22-20+/t26-,27-,28?/m1/s1. The van der Waals surface area contributed by atoms with E-state index in [0.717, 1.165) is 5.56 Å². The molecule has 3 atom stereocenters. The van der Waals surface area contributed by atoms with Gasteiger partial charge < -0.3 is 15.5 Å². The lowest BCUT2D eigenvalue weighted by Crippen LogP contribution is -2.61. The molecule has 9 nitrogen and oxygen atoms in total. The van der Waals surface area contributed by atoms with Gasteiger partial charge in [-0.15, -0.1) is 0 Å². The highest BCUT2D eigenvalue weighted by Crippen LogP contribution is 2.29. The first-order valence-electron chi connectivity index (χ1n) is 14.5. The Hall–Kier alpha value is -3.21. The van der Waals surface area contributed by atoms with E-state index in [4.69, 9.17) is 11.6 Å². The van der Waals surface area contributed by atoms with Crippen LogP contribution in [0.3, 0.4) is 0 Å². The smallest absolute Gasteiger partial charge is 0.264 e. The molecule has 0 aromatic heterocycles. The van der Waals surface area contributed by atoms with E-state index < -0.39 is 44.9 Å². The molecule has 0 spiro atoms. The summed E-state index contributed by atoms with van der Waals surface area (Å²) in [6.07, 6.45) is 1.58. The van der Waals surface area contributed by atoms with Crippen LogP contribution in [0.1, 0.15) is 61.0 Å². The number of carbonyl (C=O) groups excluding carboxylic acids is 3. The number of amides is 3. The van der Waals surface area contributed by atoms with Gasteiger partial charge in [0, 0.05) is 23.1 Å². The van der Waals surface area contributed by atoms with Crippen LogP contribution >= 0.6 is 11.6 Å². The zero-order chi connectivity index (χ0) is 33.6. The molecular formula is C33H47ClN4O5S. The van der Waals surface area contributed by atoms with E-state index in [0.29, 0.717) is 5.02 Å². The molecule has 2 aromatic rings. The third-order valence-electron chi connectivity index (χ3n) is 7.80. The van der Waals surface area contributed by atoms with Gasteiger partial charge in [-0.1, -0.05) is 96.5 Å². The summed E-state index contributed by atoms with van der Waals surface area (Å²) in [4.78, 5) is 42.1. The fourth-order valence-electron chi connectivity index (χ4n) is 5.04. The predicted octanol–water partition coefficient (Wildman–Crippen LogP) is 4.67. The fraction of sp³-hybridized carbons (Fsp3) is 0.485. The van der Waals surface area contributed by atoms with Crippen molar-refractivity contribution in [2.45, 2.75) is 83.8 Å². The van der Waals surface area contributed by atoms with Crippen molar-refractivity contribution in [1.82, 2.24) is 20.3 Å². The van der Waals surface area contributed by atoms with Crippen LogP contribution in [0.2, 0.25) is 5.02 Å². The molecule has 3 N–H and O–H groups in total. The molecule has 0 saturated carbocycles. The van der Waals surface area contributed by atoms with Crippen LogP contribution in [-0.4, -0.2) is 63.3 Å². The van der Waals surface area contributed by atoms with Gasteiger partial charge >= 0.3 is 0 Å². The van der Waals surface area contributed by atoms with E-state index in [1.165, 1.54) is 36.1 Å². The molecule has 0 bridgehead atoms. The zero-order valence-corrected chi connectivity index (χ0v) is 28.9. The molecule has 2 rings (SSSR count). The van der Waals surface area contributed by atoms with Crippen molar-refractivity contribution < 1.29 is 22.8 Å². The maximum atomic E-state index is 14.0. The van der Waals surface area contributed by atoms with E-state index in [2.05, 4.69) is 15.4 Å². The SMILES string of the molecule is CN[C@H](C(=O)NC(C(=O)N(C)[C@H](/C=C(\C)C(=O)NS(=O)(=O)c1ccc(Cl)cc1)C(C)C)C(C)(C)C)C(C)(C)c1ccccc1. The number of nitrogens with one attached hydrogen (secondary N) is 3. The summed E-state index contributed by atoms with van der Waals surface area (Å²) in [5.41, 5.74) is -0.142. The first-order chi connectivity index (χ1) is 20.2. The Labute approximate surface area is 267 Å². The first-order valence-corrected chi connectivity index (χ1v) is 16.4. The summed E-state index contributed by atoms with van der Waals surface area (Å²) in [5.74, 6) is -1.61. The summed E-state index contributed by atoms with van der Waals surface area (Å²) in [6, 6.07) is 13.1. The molecule has 242 valence electrons. The number of hydrogen-bond acceptors (Lipinski definition) is 6. The largest absolute Gasteiger partial charge is 0.342 e. The van der Waals surface area contributed by atoms with Gasteiger partial charge in [-0.05, 0) is 55.1 Å². The van der Waals surface area contributed by atoms with Crippen molar-refractivity contribution >= 4 is 39.3 Å². The van der Waals surface area contributed by atoms with Crippen LogP contribution in [0.15, 0.2) is 71.1 Å². The Morgan fingerprint density at radius 2 is 1.45 bits per heavy atom. The molecule has 11 heteroatoms. The lowest BCUT2D eigenvalue weighted by atomic mass is 9.76. The van der Waals surface area contributed by atoms with Gasteiger partial charge in [-0.25, -0.2) is 13.1 Å². The van der Waals surface area contributed by atoms with Crippen LogP contribution in [0.25, 0.3) is 0 Å². The average molecular weight is 647 g/mol. The minimum Gasteiger partial charge on any atom is -0.342 e. The summed E-state index contributed by atoms with van der Waals surface area (Å²) < 4.78 is 27.6. The summed E-state index contributed by atoms with van der Waals surface area (Å²) >= 11 is 5.86. The lowest BCUT2D eigenvalue weighted by Gasteiger charge is -2.40. The van der Waals surface area contributed by atoms with Crippen LogP contribution in [0.4, 0.5) is 0 Å². The third kappa shape index (κ3) is 9.15. The molecule has 2 aromatic carbocycles. The quantitative estimate of drug-likeness (QED) is 0.288. The monoisotopic (exact) mass is 646 g/mol. The van der Waals surface area contributed by atoms with Gasteiger partial charge in [0.25, 0.3) is 15.9 Å². The Bertz CT molecular complexity index is 1450. The Morgan fingerprint density at radius 1 is 0.909 bits per heavy atom. The maximum absolute atomic E-state index is 14.0. The number of carbonyl (C=O) groups is 3. The van der Waals surface area contributed by atoms with Crippen LogP contribution in [0.5, 0.6) is 0 Å². The van der Waals surface area contributed by atoms with E-state index >= 15 is 0 Å². The molecule has 0 saturated heterocycles. The van der Waals surface area contributed by atoms with Crippen molar-refractivity contribution in [2.75, 3.05) is 14.1 Å². The van der Waals surface area contributed by atoms with E-state index in [1.54, 1.807) is 20.2 Å². The summed E-state index contributed by atoms with van der Waals surface area (Å²) in [5, 5.41) is 6.50. The molecule has 1 unspecified atom stereocenters. The van der Waals surface area contributed by atoms with E-state index in [-0.39, 0.29) is 28.2 Å². The van der Waals surface area contributed by atoms with Gasteiger partial charge in [-0.3, -0.25) is 14.4 Å². The highest BCUT2D eigenvalue weighted by molar-refractivity contribution is 7.90. The highest BCUT2D eigenvalue weighted by Gasteiger charge is 2.41. The van der Waals surface area contributed by atoms with Gasteiger partial charge in [0.2, 0.25) is 11.8 Å². The molecule has 0 aliphatic heterocycles. The second kappa shape index (κ2) is 14.7. The number of nitrogens with zero attached hydrogens (tertiary/aromatic N) is 1. The van der Waals surface area contributed by atoms with Gasteiger partial charge in [0.15, 0.2) is 0 Å². The lowest BCUT2D eigenvalue weighted by molar-refractivity contribution is -0.140. The van der Waals surface area contributed by atoms with Crippen molar-refractivity contribution in [1.29, 1.82) is 0 Å². The second-order valence-corrected chi connectivity index (χ2v) is 15.2. The van der Waals surface area contributed by atoms with Crippen molar-refractivity contribution in [3.05, 3.63) is 76.8 Å². The fourth-order valence-corrected chi connectivity index (χ4v) is 6.18. The molecule has 0 aliphatic carbocycles. The molecule has 0 aliphatic rings.